The first-order chi connectivity index (χ1) is 16.7. The summed E-state index contributed by atoms with van der Waals surface area (Å²) in [4.78, 5) is 33.6. The fraction of sp³-hybridized carbons (Fsp3) is 0.190. The van der Waals surface area contributed by atoms with Crippen molar-refractivity contribution in [2.45, 2.75) is 12.8 Å². The molecule has 0 unspecified atom stereocenters. The number of nitrogens with zero attached hydrogens (tertiary/aromatic N) is 5. The van der Waals surface area contributed by atoms with Crippen LogP contribution in [0.1, 0.15) is 33.3 Å². The van der Waals surface area contributed by atoms with E-state index in [-0.39, 0.29) is 42.2 Å². The molecule has 4 aromatic rings. The minimum Gasteiger partial charge on any atom is -0.465 e. The molecule has 10 nitrogen and oxygen atoms in total. The number of anilines is 1. The molecule has 1 fully saturated rings. The summed E-state index contributed by atoms with van der Waals surface area (Å²) in [7, 11) is 0. The molecule has 4 heterocycles. The van der Waals surface area contributed by atoms with Gasteiger partial charge in [0.15, 0.2) is 0 Å². The van der Waals surface area contributed by atoms with Crippen LogP contribution in [0.4, 0.5) is 10.5 Å². The smallest absolute Gasteiger partial charge is 0.407 e. The number of carbonyl (C=O) groups is 2. The number of aromatic nitrogens is 4. The Labute approximate surface area is 181 Å². The number of rotatable bonds is 4. The number of benzene rings is 1. The van der Waals surface area contributed by atoms with Gasteiger partial charge in [0.25, 0.3) is 5.91 Å². The second-order valence-electron chi connectivity index (χ2n) is 7.11. The van der Waals surface area contributed by atoms with Crippen LogP contribution in [0.5, 0.6) is 0 Å². The summed E-state index contributed by atoms with van der Waals surface area (Å²) in [5.41, 5.74) is 1.64. The second kappa shape index (κ2) is 7.24. The van der Waals surface area contributed by atoms with Crippen molar-refractivity contribution in [2.24, 2.45) is 0 Å². The SMILES string of the molecule is [2H]c1c([2H])c([2H])n2c(C(=O)Nc3cc(-c4noc(C5CN(C(=O)O)C5)n4)ccc3C)cnc2c1[2H]. The van der Waals surface area contributed by atoms with Crippen LogP contribution in [-0.2, 0) is 0 Å². The highest BCUT2D eigenvalue weighted by molar-refractivity contribution is 6.04. The number of likely N-dealkylation sites (tertiary alicyclic amines) is 1. The Morgan fingerprint density at radius 2 is 2.16 bits per heavy atom. The number of fused-ring (bicyclic) bond motifs is 1. The number of aryl methyl sites for hydroxylation is 1. The van der Waals surface area contributed by atoms with E-state index in [1.807, 2.05) is 0 Å². The van der Waals surface area contributed by atoms with Gasteiger partial charge in [0, 0.05) is 30.5 Å². The third-order valence-electron chi connectivity index (χ3n) is 5.09. The molecule has 2 amide bonds. The molecule has 156 valence electrons. The number of imidazole rings is 1. The Kier molecular flexibility index (Phi) is 3.44. The Bertz CT molecular complexity index is 1510. The summed E-state index contributed by atoms with van der Waals surface area (Å²) in [5, 5.41) is 15.7. The van der Waals surface area contributed by atoms with E-state index in [0.29, 0.717) is 17.1 Å². The maximum atomic E-state index is 13.0. The lowest BCUT2D eigenvalue weighted by molar-refractivity contribution is 0.0958. The van der Waals surface area contributed by atoms with Crippen molar-refractivity contribution in [3.8, 4) is 11.4 Å². The molecule has 0 bridgehead atoms. The van der Waals surface area contributed by atoms with Crippen LogP contribution in [0, 0.1) is 6.92 Å². The van der Waals surface area contributed by atoms with Crippen molar-refractivity contribution >= 4 is 23.3 Å². The van der Waals surface area contributed by atoms with Gasteiger partial charge in [-0.1, -0.05) is 23.3 Å². The first-order valence-electron chi connectivity index (χ1n) is 11.3. The zero-order chi connectivity index (χ0) is 25.0. The molecule has 3 aromatic heterocycles. The monoisotopic (exact) mass is 422 g/mol. The number of carboxylic acid groups (broad SMARTS) is 1. The number of hydrogen-bond acceptors (Lipinski definition) is 6. The van der Waals surface area contributed by atoms with Crippen LogP contribution in [0.25, 0.3) is 17.0 Å². The lowest BCUT2D eigenvalue weighted by Gasteiger charge is -2.34. The van der Waals surface area contributed by atoms with Crippen LogP contribution in [-0.4, -0.2) is 54.6 Å². The van der Waals surface area contributed by atoms with Crippen molar-refractivity contribution < 1.29 is 24.7 Å². The molecule has 0 atom stereocenters. The van der Waals surface area contributed by atoms with E-state index in [2.05, 4.69) is 20.4 Å². The largest absolute Gasteiger partial charge is 0.465 e. The summed E-state index contributed by atoms with van der Waals surface area (Å²) in [6, 6.07) is 3.93. The molecule has 5 rings (SSSR count). The zero-order valence-corrected chi connectivity index (χ0v) is 16.2. The van der Waals surface area contributed by atoms with Crippen molar-refractivity contribution in [3.63, 3.8) is 0 Å². The minimum atomic E-state index is -0.999. The highest BCUT2D eigenvalue weighted by Crippen LogP contribution is 2.29. The molecule has 1 saturated heterocycles. The maximum Gasteiger partial charge on any atom is 0.407 e. The van der Waals surface area contributed by atoms with Gasteiger partial charge in [0.1, 0.15) is 11.3 Å². The third kappa shape index (κ3) is 3.37. The average Bonchev–Trinajstić information content (AvgIpc) is 3.44. The summed E-state index contributed by atoms with van der Waals surface area (Å²) in [6.45, 7) is 2.35. The fourth-order valence-corrected chi connectivity index (χ4v) is 3.28. The van der Waals surface area contributed by atoms with Gasteiger partial charge >= 0.3 is 6.09 Å². The predicted octanol–water partition coefficient (Wildman–Crippen LogP) is 3.02. The number of carbonyl (C=O) groups excluding carboxylic acids is 1. The van der Waals surface area contributed by atoms with E-state index in [1.165, 1.54) is 11.1 Å². The Hall–Kier alpha value is -4.21. The Morgan fingerprint density at radius 1 is 1.32 bits per heavy atom. The van der Waals surface area contributed by atoms with E-state index in [4.69, 9.17) is 15.1 Å². The second-order valence-corrected chi connectivity index (χ2v) is 7.11. The molecule has 1 aromatic carbocycles. The highest BCUT2D eigenvalue weighted by atomic mass is 16.5. The molecule has 31 heavy (non-hydrogen) atoms. The van der Waals surface area contributed by atoms with Gasteiger partial charge in [-0.15, -0.1) is 0 Å². The summed E-state index contributed by atoms with van der Waals surface area (Å²) in [5.74, 6) is -0.157. The Balaban J connectivity index is 1.41. The summed E-state index contributed by atoms with van der Waals surface area (Å²) in [6.07, 6.45) is -0.212. The van der Waals surface area contributed by atoms with Crippen LogP contribution < -0.4 is 5.32 Å². The number of pyridine rings is 1. The molecular formula is C21H18N6O4. The molecule has 10 heteroatoms. The zero-order valence-electron chi connectivity index (χ0n) is 20.2. The van der Waals surface area contributed by atoms with Crippen LogP contribution in [0.15, 0.2) is 53.2 Å². The van der Waals surface area contributed by atoms with Gasteiger partial charge in [0.2, 0.25) is 11.7 Å². The van der Waals surface area contributed by atoms with E-state index in [1.54, 1.807) is 25.1 Å². The summed E-state index contributed by atoms with van der Waals surface area (Å²) < 4.78 is 38.1. The quantitative estimate of drug-likeness (QED) is 0.518. The lowest BCUT2D eigenvalue weighted by Crippen LogP contribution is -2.47. The van der Waals surface area contributed by atoms with Gasteiger partial charge in [-0.25, -0.2) is 9.78 Å². The predicted molar refractivity (Wildman–Crippen MR) is 110 cm³/mol. The first kappa shape index (κ1) is 14.7. The number of hydrogen-bond donors (Lipinski definition) is 2. The normalized spacial score (nSPS) is 15.7. The fourth-order valence-electron chi connectivity index (χ4n) is 3.28. The van der Waals surface area contributed by atoms with Crippen molar-refractivity contribution in [1.29, 1.82) is 0 Å². The highest BCUT2D eigenvalue weighted by Gasteiger charge is 2.35. The maximum absolute atomic E-state index is 13.0. The van der Waals surface area contributed by atoms with Crippen LogP contribution in [0.3, 0.4) is 0 Å². The number of nitrogens with one attached hydrogen (secondary N) is 1. The molecule has 0 radical (unpaired) electrons. The molecular weight excluding hydrogens is 400 g/mol. The molecule has 1 aliphatic rings. The topological polar surface area (TPSA) is 126 Å². The van der Waals surface area contributed by atoms with Crippen LogP contribution >= 0.6 is 0 Å². The van der Waals surface area contributed by atoms with Gasteiger partial charge in [0.05, 0.1) is 17.6 Å². The summed E-state index contributed by atoms with van der Waals surface area (Å²) >= 11 is 0. The lowest BCUT2D eigenvalue weighted by atomic mass is 10.0. The van der Waals surface area contributed by atoms with Gasteiger partial charge < -0.3 is 19.8 Å². The molecule has 0 aliphatic carbocycles. The molecule has 1 aliphatic heterocycles. The first-order valence-corrected chi connectivity index (χ1v) is 9.33. The Morgan fingerprint density at radius 3 is 2.97 bits per heavy atom. The molecule has 0 spiro atoms. The minimum absolute atomic E-state index is 0.0494. The molecule has 2 N–H and O–H groups in total. The van der Waals surface area contributed by atoms with Crippen molar-refractivity contribution in [1.82, 2.24) is 24.4 Å². The van der Waals surface area contributed by atoms with E-state index >= 15 is 0 Å². The van der Waals surface area contributed by atoms with E-state index in [9.17, 15) is 9.59 Å². The van der Waals surface area contributed by atoms with Gasteiger partial charge in [-0.05, 0) is 30.6 Å². The third-order valence-corrected chi connectivity index (χ3v) is 5.09. The van der Waals surface area contributed by atoms with E-state index < -0.39 is 30.3 Å². The van der Waals surface area contributed by atoms with Crippen molar-refractivity contribution in [3.05, 3.63) is 65.8 Å². The van der Waals surface area contributed by atoms with E-state index in [0.717, 1.165) is 9.96 Å². The van der Waals surface area contributed by atoms with Gasteiger partial charge in [-0.3, -0.25) is 9.20 Å². The van der Waals surface area contributed by atoms with Gasteiger partial charge in [-0.2, -0.15) is 4.98 Å². The number of amides is 2. The van der Waals surface area contributed by atoms with Crippen molar-refractivity contribution in [2.75, 3.05) is 18.4 Å². The molecule has 0 saturated carbocycles. The average molecular weight is 422 g/mol. The van der Waals surface area contributed by atoms with Crippen LogP contribution in [0.2, 0.25) is 0 Å². The standard InChI is InChI=1S/C21H18N6O4/c1-12-5-6-13(18-24-20(31-25-18)14-10-26(11-14)21(29)30)8-15(12)23-19(28)16-9-22-17-4-2-3-7-27(16)17/h2-9,14H,10-11H2,1H3,(H,23,28)(H,29,30)/i2D,3D,4D,7D.